The molecule has 2 fully saturated rings. The number of carbonyl (C=O) groups is 2. The fourth-order valence-corrected chi connectivity index (χ4v) is 3.49. The zero-order valence-corrected chi connectivity index (χ0v) is 14.1. The highest BCUT2D eigenvalue weighted by Crippen LogP contribution is 2.34. The van der Waals surface area contributed by atoms with Crippen LogP contribution in [0.1, 0.15) is 40.6 Å². The van der Waals surface area contributed by atoms with Crippen LogP contribution in [0.5, 0.6) is 0 Å². The second kappa shape index (κ2) is 7.17. The number of benzene rings is 1. The second-order valence-electron chi connectivity index (χ2n) is 6.49. The van der Waals surface area contributed by atoms with Crippen molar-refractivity contribution in [2.24, 2.45) is 5.92 Å². The quantitative estimate of drug-likeness (QED) is 0.773. The van der Waals surface area contributed by atoms with Crippen molar-refractivity contribution in [3.05, 3.63) is 53.4 Å². The van der Waals surface area contributed by atoms with Crippen LogP contribution in [0.15, 0.2) is 41.1 Å². The van der Waals surface area contributed by atoms with Gasteiger partial charge in [-0.3, -0.25) is 4.79 Å². The average molecular weight is 356 g/mol. The molecule has 0 aliphatic carbocycles. The Balaban J connectivity index is 1.42. The summed E-state index contributed by atoms with van der Waals surface area (Å²) >= 11 is 0. The van der Waals surface area contributed by atoms with Gasteiger partial charge in [0.25, 0.3) is 5.91 Å². The molecule has 0 unspecified atom stereocenters. The van der Waals surface area contributed by atoms with Gasteiger partial charge in [0, 0.05) is 25.1 Å². The zero-order chi connectivity index (χ0) is 17.9. The van der Waals surface area contributed by atoms with Crippen LogP contribution in [0.3, 0.4) is 0 Å². The summed E-state index contributed by atoms with van der Waals surface area (Å²) in [6.07, 6.45) is 3.18. The minimum Gasteiger partial charge on any atom is -0.358 e. The van der Waals surface area contributed by atoms with Crippen LogP contribution in [0.25, 0.3) is 0 Å². The van der Waals surface area contributed by atoms with Crippen LogP contribution in [0.4, 0.5) is 4.79 Å². The number of fused-ring (bicyclic) bond motifs is 1. The number of carbonyl (C=O) groups excluding carboxylic acids is 2. The first-order valence-corrected chi connectivity index (χ1v) is 8.67. The molecule has 1 aromatic heterocycles. The minimum absolute atomic E-state index is 0.0770. The third-order valence-corrected chi connectivity index (χ3v) is 4.81. The van der Waals surface area contributed by atoms with E-state index in [1.54, 1.807) is 0 Å². The van der Waals surface area contributed by atoms with E-state index in [0.29, 0.717) is 13.2 Å². The van der Waals surface area contributed by atoms with Crippen molar-refractivity contribution < 1.29 is 18.8 Å². The van der Waals surface area contributed by atoms with E-state index in [2.05, 4.69) is 21.1 Å². The minimum atomic E-state index is -0.306. The van der Waals surface area contributed by atoms with Crippen LogP contribution in [0.2, 0.25) is 0 Å². The molecule has 0 spiro atoms. The lowest BCUT2D eigenvalue weighted by Gasteiger charge is -2.41. The van der Waals surface area contributed by atoms with E-state index in [1.807, 2.05) is 24.3 Å². The van der Waals surface area contributed by atoms with E-state index in [0.717, 1.165) is 24.0 Å². The van der Waals surface area contributed by atoms with Crippen LogP contribution in [0, 0.1) is 5.92 Å². The highest BCUT2D eigenvalue weighted by molar-refractivity contribution is 5.91. The standard InChI is InChI=1S/C18H20N4O4/c23-16(14-7-8-20-26-14)19-10-11-3-5-12(6-4-11)15-13-2-1-9-25-17(13)22-18(24)21-15/h3-8,13,15,17H,1-2,9-10H2,(H,19,23)(H2,21,22,24)/t13-,15-,17-/m0/s1. The van der Waals surface area contributed by atoms with Gasteiger partial charge in [-0.25, -0.2) is 4.79 Å². The molecule has 3 N–H and O–H groups in total. The molecule has 2 aromatic rings. The Labute approximate surface area is 150 Å². The smallest absolute Gasteiger partial charge is 0.317 e. The van der Waals surface area contributed by atoms with Gasteiger partial charge in [0.05, 0.1) is 12.2 Å². The molecule has 2 saturated heterocycles. The van der Waals surface area contributed by atoms with E-state index < -0.39 is 0 Å². The molecule has 3 heterocycles. The molecule has 1 aromatic carbocycles. The Bertz CT molecular complexity index is 775. The second-order valence-corrected chi connectivity index (χ2v) is 6.49. The van der Waals surface area contributed by atoms with Gasteiger partial charge in [-0.2, -0.15) is 0 Å². The number of nitrogens with one attached hydrogen (secondary N) is 3. The molecule has 136 valence electrons. The zero-order valence-electron chi connectivity index (χ0n) is 14.1. The predicted molar refractivity (Wildman–Crippen MR) is 91.0 cm³/mol. The first-order chi connectivity index (χ1) is 12.7. The van der Waals surface area contributed by atoms with Crippen molar-refractivity contribution >= 4 is 11.9 Å². The van der Waals surface area contributed by atoms with Crippen molar-refractivity contribution in [1.29, 1.82) is 0 Å². The molecule has 8 heteroatoms. The van der Waals surface area contributed by atoms with E-state index in [-0.39, 0.29) is 35.9 Å². The van der Waals surface area contributed by atoms with Crippen molar-refractivity contribution in [3.8, 4) is 0 Å². The molecule has 26 heavy (non-hydrogen) atoms. The summed E-state index contributed by atoms with van der Waals surface area (Å²) in [7, 11) is 0. The van der Waals surface area contributed by atoms with E-state index >= 15 is 0 Å². The van der Waals surface area contributed by atoms with Gasteiger partial charge in [-0.15, -0.1) is 0 Å². The Kier molecular flexibility index (Phi) is 4.57. The predicted octanol–water partition coefficient (Wildman–Crippen LogP) is 1.71. The Morgan fingerprint density at radius 2 is 2.08 bits per heavy atom. The molecule has 0 radical (unpaired) electrons. The van der Waals surface area contributed by atoms with E-state index in [1.165, 1.54) is 12.3 Å². The van der Waals surface area contributed by atoms with Crippen LogP contribution in [-0.2, 0) is 11.3 Å². The van der Waals surface area contributed by atoms with Gasteiger partial charge < -0.3 is 25.2 Å². The molecule has 4 rings (SSSR count). The number of hydrogen-bond acceptors (Lipinski definition) is 5. The number of urea groups is 1. The number of aromatic nitrogens is 1. The molecule has 8 nitrogen and oxygen atoms in total. The average Bonchev–Trinajstić information content (AvgIpc) is 3.21. The van der Waals surface area contributed by atoms with Gasteiger partial charge in [0.15, 0.2) is 0 Å². The van der Waals surface area contributed by atoms with Gasteiger partial charge in [-0.05, 0) is 24.0 Å². The maximum absolute atomic E-state index is 11.9. The van der Waals surface area contributed by atoms with Gasteiger partial charge in [-0.1, -0.05) is 29.4 Å². The van der Waals surface area contributed by atoms with Gasteiger partial charge in [0.2, 0.25) is 5.76 Å². The highest BCUT2D eigenvalue weighted by atomic mass is 16.5. The summed E-state index contributed by atoms with van der Waals surface area (Å²) in [5.74, 6) is 0.0835. The van der Waals surface area contributed by atoms with Crippen LogP contribution < -0.4 is 16.0 Å². The molecular weight excluding hydrogens is 336 g/mol. The van der Waals surface area contributed by atoms with Gasteiger partial charge >= 0.3 is 6.03 Å². The normalized spacial score (nSPS) is 24.9. The molecular formula is C18H20N4O4. The van der Waals surface area contributed by atoms with Crippen LogP contribution in [-0.4, -0.2) is 29.9 Å². The molecule has 0 bridgehead atoms. The summed E-state index contributed by atoms with van der Waals surface area (Å²) < 4.78 is 10.5. The molecule has 0 saturated carbocycles. The number of rotatable bonds is 4. The summed E-state index contributed by atoms with van der Waals surface area (Å²) in [5, 5.41) is 12.1. The van der Waals surface area contributed by atoms with Crippen LogP contribution >= 0.6 is 0 Å². The topological polar surface area (TPSA) is 105 Å². The Morgan fingerprint density at radius 1 is 1.23 bits per heavy atom. The summed E-state index contributed by atoms with van der Waals surface area (Å²) in [6.45, 7) is 1.06. The first kappa shape index (κ1) is 16.6. The number of nitrogens with zero attached hydrogens (tertiary/aromatic N) is 1. The fourth-order valence-electron chi connectivity index (χ4n) is 3.49. The summed E-state index contributed by atoms with van der Waals surface area (Å²) in [5.41, 5.74) is 1.99. The first-order valence-electron chi connectivity index (χ1n) is 8.67. The van der Waals surface area contributed by atoms with E-state index in [4.69, 9.17) is 9.26 Å². The molecule has 3 amide bonds. The lowest BCUT2D eigenvalue weighted by Crippen LogP contribution is -2.58. The summed E-state index contributed by atoms with van der Waals surface area (Å²) in [6, 6.07) is 9.09. The van der Waals surface area contributed by atoms with Crippen molar-refractivity contribution in [3.63, 3.8) is 0 Å². The van der Waals surface area contributed by atoms with Gasteiger partial charge in [0.1, 0.15) is 6.23 Å². The molecule has 2 aliphatic rings. The maximum atomic E-state index is 11.9. The lowest BCUT2D eigenvalue weighted by molar-refractivity contribution is -0.0602. The summed E-state index contributed by atoms with van der Waals surface area (Å²) in [4.78, 5) is 23.8. The Morgan fingerprint density at radius 3 is 2.85 bits per heavy atom. The lowest BCUT2D eigenvalue weighted by atomic mass is 9.85. The van der Waals surface area contributed by atoms with Crippen molar-refractivity contribution in [2.75, 3.05) is 6.61 Å². The number of amides is 3. The largest absolute Gasteiger partial charge is 0.358 e. The number of hydrogen-bond donors (Lipinski definition) is 3. The maximum Gasteiger partial charge on any atom is 0.317 e. The third-order valence-electron chi connectivity index (χ3n) is 4.81. The molecule has 2 aliphatic heterocycles. The van der Waals surface area contributed by atoms with E-state index in [9.17, 15) is 9.59 Å². The monoisotopic (exact) mass is 356 g/mol. The fraction of sp³-hybridized carbons (Fsp3) is 0.389. The molecule has 3 atom stereocenters. The third kappa shape index (κ3) is 3.41. The van der Waals surface area contributed by atoms with Crippen molar-refractivity contribution in [2.45, 2.75) is 31.7 Å². The highest BCUT2D eigenvalue weighted by Gasteiger charge is 2.39. The van der Waals surface area contributed by atoms with Crippen molar-refractivity contribution in [1.82, 2.24) is 21.1 Å². The Hall–Kier alpha value is -2.87. The number of ether oxygens (including phenoxy) is 1. The SMILES string of the molecule is O=C1N[C@H]2OCCC[C@H]2[C@H](c2ccc(CNC(=O)c3ccno3)cc2)N1.